The van der Waals surface area contributed by atoms with Crippen LogP contribution in [0.15, 0.2) is 82.4 Å². The van der Waals surface area contributed by atoms with E-state index in [1.54, 1.807) is 60.7 Å². The number of amides is 1. The number of H-pyrrole nitrogens is 1. The van der Waals surface area contributed by atoms with Crippen LogP contribution >= 0.6 is 11.6 Å². The lowest BCUT2D eigenvalue weighted by molar-refractivity contribution is 0.0984. The third-order valence-electron chi connectivity index (χ3n) is 5.34. The van der Waals surface area contributed by atoms with E-state index in [-0.39, 0.29) is 35.2 Å². The van der Waals surface area contributed by atoms with E-state index in [0.717, 1.165) is 15.0 Å². The second kappa shape index (κ2) is 9.94. The van der Waals surface area contributed by atoms with Crippen molar-refractivity contribution in [2.45, 2.75) is 13.1 Å². The maximum atomic E-state index is 14.0. The van der Waals surface area contributed by atoms with E-state index in [2.05, 4.69) is 4.98 Å². The van der Waals surface area contributed by atoms with Crippen LogP contribution in [0.4, 0.5) is 20.3 Å². The summed E-state index contributed by atoms with van der Waals surface area (Å²) >= 11 is 6.05. The minimum atomic E-state index is -1.28. The van der Waals surface area contributed by atoms with Gasteiger partial charge in [-0.1, -0.05) is 72.3 Å². The van der Waals surface area contributed by atoms with Gasteiger partial charge in [-0.3, -0.25) is 24.0 Å². The Kier molecular flexibility index (Phi) is 6.79. The molecule has 0 aliphatic carbocycles. The van der Waals surface area contributed by atoms with Gasteiger partial charge in [-0.2, -0.15) is 0 Å². The first-order valence-corrected chi connectivity index (χ1v) is 10.8. The van der Waals surface area contributed by atoms with Gasteiger partial charge in [-0.25, -0.2) is 13.6 Å². The Labute approximate surface area is 203 Å². The summed E-state index contributed by atoms with van der Waals surface area (Å²) in [5.74, 6) is -3.69. The molecule has 35 heavy (non-hydrogen) atoms. The first-order chi connectivity index (χ1) is 16.8. The molecule has 0 atom stereocenters. The van der Waals surface area contributed by atoms with Crippen LogP contribution in [0.5, 0.6) is 0 Å². The summed E-state index contributed by atoms with van der Waals surface area (Å²) in [5.41, 5.74) is 5.23. The molecule has 0 bridgehead atoms. The number of carbonyl (C=O) groups excluding carboxylic acids is 1. The van der Waals surface area contributed by atoms with Crippen molar-refractivity contribution in [1.82, 2.24) is 9.55 Å². The number of aromatic amines is 1. The maximum absolute atomic E-state index is 14.0. The number of aromatic nitrogens is 2. The van der Waals surface area contributed by atoms with Gasteiger partial charge >= 0.3 is 5.69 Å². The van der Waals surface area contributed by atoms with E-state index < -0.39 is 28.8 Å². The van der Waals surface area contributed by atoms with Crippen molar-refractivity contribution < 1.29 is 13.6 Å². The molecule has 10 heteroatoms. The zero-order valence-electron chi connectivity index (χ0n) is 18.2. The van der Waals surface area contributed by atoms with Gasteiger partial charge in [0.2, 0.25) is 0 Å². The Morgan fingerprint density at radius 2 is 1.51 bits per heavy atom. The van der Waals surface area contributed by atoms with Gasteiger partial charge in [0, 0.05) is 0 Å². The minimum absolute atomic E-state index is 0.0224. The number of carbonyl (C=O) groups is 1. The van der Waals surface area contributed by atoms with Crippen LogP contribution < -0.4 is 21.9 Å². The van der Waals surface area contributed by atoms with Crippen LogP contribution in [0.1, 0.15) is 21.5 Å². The smallest absolute Gasteiger partial charge is 0.330 e. The van der Waals surface area contributed by atoms with Crippen molar-refractivity contribution in [2.24, 2.45) is 0 Å². The monoisotopic (exact) mass is 496 g/mol. The highest BCUT2D eigenvalue weighted by Gasteiger charge is 2.28. The summed E-state index contributed by atoms with van der Waals surface area (Å²) in [6.45, 7) is -0.138. The molecule has 0 spiro atoms. The Morgan fingerprint density at radius 3 is 2.14 bits per heavy atom. The molecule has 3 N–H and O–H groups in total. The molecule has 1 aromatic heterocycles. The molecule has 0 aliphatic heterocycles. The highest BCUT2D eigenvalue weighted by Crippen LogP contribution is 2.27. The first kappa shape index (κ1) is 23.9. The number of halogens is 3. The predicted molar refractivity (Wildman–Crippen MR) is 130 cm³/mol. The Morgan fingerprint density at radius 1 is 0.943 bits per heavy atom. The van der Waals surface area contributed by atoms with Crippen LogP contribution in [0, 0.1) is 11.6 Å². The topological polar surface area (TPSA) is 101 Å². The summed E-state index contributed by atoms with van der Waals surface area (Å²) in [5, 5.41) is -0.348. The summed E-state index contributed by atoms with van der Waals surface area (Å²) < 4.78 is 28.7. The summed E-state index contributed by atoms with van der Waals surface area (Å²) in [7, 11) is 0. The zero-order valence-corrected chi connectivity index (χ0v) is 18.9. The van der Waals surface area contributed by atoms with Crippen molar-refractivity contribution in [3.05, 3.63) is 127 Å². The molecular weight excluding hydrogens is 478 g/mol. The summed E-state index contributed by atoms with van der Waals surface area (Å²) in [6.07, 6.45) is 0. The van der Waals surface area contributed by atoms with Crippen LogP contribution in [0.25, 0.3) is 0 Å². The average molecular weight is 497 g/mol. The molecule has 0 aliphatic rings. The van der Waals surface area contributed by atoms with Gasteiger partial charge in [-0.15, -0.1) is 0 Å². The number of hydrogen-bond donors (Lipinski definition) is 2. The third kappa shape index (κ3) is 4.99. The minimum Gasteiger partial charge on any atom is -0.383 e. The fourth-order valence-electron chi connectivity index (χ4n) is 3.61. The number of rotatable bonds is 6. The standard InChI is InChI=1S/C25H19ClF2N4O3/c26-18-12-20(28)19(27)11-17(18)24(34)31(13-15-7-3-1-4-8-15)21-22(29)32(25(35)30-23(21)33)14-16-9-5-2-6-10-16/h1-12H,13-14,29H2,(H,30,33,35). The molecular formula is C25H19ClF2N4O3. The molecule has 3 aromatic carbocycles. The second-order valence-corrected chi connectivity index (χ2v) is 8.10. The van der Waals surface area contributed by atoms with Crippen molar-refractivity contribution in [1.29, 1.82) is 0 Å². The SMILES string of the molecule is Nc1c(N(Cc2ccccc2)C(=O)c2cc(F)c(F)cc2Cl)c(=O)[nH]c(=O)n1Cc1ccccc1. The van der Waals surface area contributed by atoms with Crippen LogP contribution in [0.3, 0.4) is 0 Å². The van der Waals surface area contributed by atoms with E-state index in [4.69, 9.17) is 17.3 Å². The van der Waals surface area contributed by atoms with Gasteiger partial charge in [0.15, 0.2) is 17.3 Å². The normalized spacial score (nSPS) is 10.8. The fourth-order valence-corrected chi connectivity index (χ4v) is 3.84. The van der Waals surface area contributed by atoms with Crippen molar-refractivity contribution >= 4 is 29.0 Å². The molecule has 4 rings (SSSR count). The lowest BCUT2D eigenvalue weighted by Crippen LogP contribution is -2.41. The number of nitrogens with two attached hydrogens (primary N) is 1. The number of anilines is 2. The van der Waals surface area contributed by atoms with Gasteiger partial charge in [0.05, 0.1) is 23.7 Å². The van der Waals surface area contributed by atoms with Crippen molar-refractivity contribution in [2.75, 3.05) is 10.6 Å². The molecule has 0 saturated carbocycles. The predicted octanol–water partition coefficient (Wildman–Crippen LogP) is 3.95. The first-order valence-electron chi connectivity index (χ1n) is 10.4. The highest BCUT2D eigenvalue weighted by molar-refractivity contribution is 6.34. The molecule has 7 nitrogen and oxygen atoms in total. The van der Waals surface area contributed by atoms with E-state index >= 15 is 0 Å². The molecule has 178 valence electrons. The molecule has 1 amide bonds. The molecule has 0 radical (unpaired) electrons. The van der Waals surface area contributed by atoms with Gasteiger partial charge in [0.1, 0.15) is 5.82 Å². The number of nitrogens with zero attached hydrogens (tertiary/aromatic N) is 2. The van der Waals surface area contributed by atoms with Gasteiger partial charge < -0.3 is 5.73 Å². The van der Waals surface area contributed by atoms with E-state index in [1.807, 2.05) is 0 Å². The van der Waals surface area contributed by atoms with Gasteiger partial charge in [-0.05, 0) is 23.3 Å². The molecule has 0 fully saturated rings. The highest BCUT2D eigenvalue weighted by atomic mass is 35.5. The van der Waals surface area contributed by atoms with Crippen molar-refractivity contribution in [3.8, 4) is 0 Å². The van der Waals surface area contributed by atoms with Crippen LogP contribution in [-0.2, 0) is 13.1 Å². The average Bonchev–Trinajstić information content (AvgIpc) is 2.84. The molecule has 0 saturated heterocycles. The molecule has 4 aromatic rings. The summed E-state index contributed by atoms with van der Waals surface area (Å²) in [6, 6.07) is 18.9. The van der Waals surface area contributed by atoms with E-state index in [1.165, 1.54) is 0 Å². The quantitative estimate of drug-likeness (QED) is 0.395. The van der Waals surface area contributed by atoms with Crippen LogP contribution in [0.2, 0.25) is 5.02 Å². The maximum Gasteiger partial charge on any atom is 0.330 e. The number of hydrogen-bond acceptors (Lipinski definition) is 4. The number of nitrogen functional groups attached to an aromatic ring is 1. The molecule has 1 heterocycles. The Bertz CT molecular complexity index is 1510. The van der Waals surface area contributed by atoms with E-state index in [0.29, 0.717) is 17.7 Å². The van der Waals surface area contributed by atoms with E-state index in [9.17, 15) is 23.2 Å². The Balaban J connectivity index is 1.89. The number of benzene rings is 3. The van der Waals surface area contributed by atoms with Gasteiger partial charge in [0.25, 0.3) is 11.5 Å². The lowest BCUT2D eigenvalue weighted by Gasteiger charge is -2.25. The Hall–Kier alpha value is -4.24. The largest absolute Gasteiger partial charge is 0.383 e. The lowest BCUT2D eigenvalue weighted by atomic mass is 10.1. The number of nitrogens with one attached hydrogen (secondary N) is 1. The third-order valence-corrected chi connectivity index (χ3v) is 5.65. The van der Waals surface area contributed by atoms with Crippen LogP contribution in [-0.4, -0.2) is 15.5 Å². The van der Waals surface area contributed by atoms with Crippen molar-refractivity contribution in [3.63, 3.8) is 0 Å². The second-order valence-electron chi connectivity index (χ2n) is 7.69. The fraction of sp³-hybridized carbons (Fsp3) is 0.0800. The molecule has 0 unspecified atom stereocenters. The summed E-state index contributed by atoms with van der Waals surface area (Å²) in [4.78, 5) is 42.2. The zero-order chi connectivity index (χ0) is 25.1.